The quantitative estimate of drug-likeness (QED) is 0.840. The summed E-state index contributed by atoms with van der Waals surface area (Å²) < 4.78 is 15.8. The van der Waals surface area contributed by atoms with E-state index in [1.165, 1.54) is 19.2 Å². The molecule has 0 aromatic heterocycles. The van der Waals surface area contributed by atoms with Crippen LogP contribution in [-0.4, -0.2) is 50.6 Å². The molecule has 1 saturated heterocycles. The van der Waals surface area contributed by atoms with Crippen molar-refractivity contribution >= 4 is 5.91 Å². The van der Waals surface area contributed by atoms with Crippen LogP contribution in [0.1, 0.15) is 16.8 Å². The van der Waals surface area contributed by atoms with E-state index >= 15 is 0 Å². The Morgan fingerprint density at radius 1 is 1.50 bits per heavy atom. The molecule has 1 amide bonds. The molecule has 1 aliphatic rings. The number of carbonyl (C=O) groups excluding carboxylic acids is 1. The number of hydrogen-bond acceptors (Lipinski definition) is 5. The van der Waals surface area contributed by atoms with E-state index in [0.29, 0.717) is 25.5 Å². The predicted octanol–water partition coefficient (Wildman–Crippen LogP) is 0.936. The summed E-state index contributed by atoms with van der Waals surface area (Å²) in [4.78, 5) is 12.1. The van der Waals surface area contributed by atoms with Crippen LogP contribution in [0.25, 0.3) is 0 Å². The van der Waals surface area contributed by atoms with E-state index in [2.05, 4.69) is 5.32 Å². The Balaban J connectivity index is 2.04. The molecule has 1 aromatic rings. The van der Waals surface area contributed by atoms with Gasteiger partial charge in [0.1, 0.15) is 17.1 Å². The standard InChI is InChI=1S/C14H19NO5/c1-18-10-3-4-12(16)11(7-10)13(17)15-8-14(19-2)5-6-20-9-14/h3-4,7,16H,5-6,8-9H2,1-2H3,(H,15,17). The lowest BCUT2D eigenvalue weighted by Gasteiger charge is -2.25. The molecule has 1 aliphatic heterocycles. The van der Waals surface area contributed by atoms with Crippen molar-refractivity contribution in [3.05, 3.63) is 23.8 Å². The third kappa shape index (κ3) is 3.02. The van der Waals surface area contributed by atoms with Gasteiger partial charge in [-0.25, -0.2) is 0 Å². The zero-order valence-corrected chi connectivity index (χ0v) is 11.6. The van der Waals surface area contributed by atoms with Crippen LogP contribution in [0.3, 0.4) is 0 Å². The molecular weight excluding hydrogens is 262 g/mol. The molecule has 110 valence electrons. The molecule has 1 unspecified atom stereocenters. The summed E-state index contributed by atoms with van der Waals surface area (Å²) >= 11 is 0. The van der Waals surface area contributed by atoms with Crippen molar-refractivity contribution in [2.45, 2.75) is 12.0 Å². The second-order valence-corrected chi connectivity index (χ2v) is 4.76. The topological polar surface area (TPSA) is 77.0 Å². The van der Waals surface area contributed by atoms with Crippen LogP contribution in [0.2, 0.25) is 0 Å². The highest BCUT2D eigenvalue weighted by molar-refractivity contribution is 5.97. The Labute approximate surface area is 117 Å². The maximum Gasteiger partial charge on any atom is 0.255 e. The number of ether oxygens (including phenoxy) is 3. The van der Waals surface area contributed by atoms with Gasteiger partial charge in [-0.15, -0.1) is 0 Å². The molecule has 0 bridgehead atoms. The molecule has 1 aromatic carbocycles. The average molecular weight is 281 g/mol. The van der Waals surface area contributed by atoms with E-state index < -0.39 is 5.60 Å². The number of amides is 1. The highest BCUT2D eigenvalue weighted by atomic mass is 16.5. The second kappa shape index (κ2) is 6.11. The third-order valence-electron chi connectivity index (χ3n) is 3.52. The summed E-state index contributed by atoms with van der Waals surface area (Å²) in [6.45, 7) is 1.40. The fraction of sp³-hybridized carbons (Fsp3) is 0.500. The fourth-order valence-corrected chi connectivity index (χ4v) is 2.12. The van der Waals surface area contributed by atoms with Crippen molar-refractivity contribution in [1.29, 1.82) is 0 Å². The van der Waals surface area contributed by atoms with Gasteiger partial charge in [-0.05, 0) is 18.2 Å². The highest BCUT2D eigenvalue weighted by Gasteiger charge is 2.35. The molecule has 1 fully saturated rings. The molecular formula is C14H19NO5. The van der Waals surface area contributed by atoms with Crippen LogP contribution in [0.5, 0.6) is 11.5 Å². The smallest absolute Gasteiger partial charge is 0.255 e. The van der Waals surface area contributed by atoms with E-state index in [1.54, 1.807) is 13.2 Å². The Morgan fingerprint density at radius 2 is 2.30 bits per heavy atom. The first kappa shape index (κ1) is 14.6. The molecule has 0 spiro atoms. The van der Waals surface area contributed by atoms with Gasteiger partial charge < -0.3 is 24.6 Å². The van der Waals surface area contributed by atoms with E-state index in [9.17, 15) is 9.90 Å². The third-order valence-corrected chi connectivity index (χ3v) is 3.52. The van der Waals surface area contributed by atoms with Crippen molar-refractivity contribution < 1.29 is 24.1 Å². The zero-order chi connectivity index (χ0) is 14.6. The van der Waals surface area contributed by atoms with Gasteiger partial charge in [0.05, 0.1) is 19.3 Å². The number of phenolic OH excluding ortho intramolecular Hbond substituents is 1. The second-order valence-electron chi connectivity index (χ2n) is 4.76. The van der Waals surface area contributed by atoms with Crippen molar-refractivity contribution in [3.8, 4) is 11.5 Å². The first-order valence-corrected chi connectivity index (χ1v) is 6.38. The number of benzene rings is 1. The van der Waals surface area contributed by atoms with Gasteiger partial charge in [0.2, 0.25) is 0 Å². The van der Waals surface area contributed by atoms with Crippen molar-refractivity contribution in [3.63, 3.8) is 0 Å². The molecule has 1 heterocycles. The number of aromatic hydroxyl groups is 1. The lowest BCUT2D eigenvalue weighted by molar-refractivity contribution is -0.0148. The number of phenols is 1. The lowest BCUT2D eigenvalue weighted by Crippen LogP contribution is -2.45. The van der Waals surface area contributed by atoms with Gasteiger partial charge in [0, 0.05) is 26.7 Å². The minimum Gasteiger partial charge on any atom is -0.507 e. The normalized spacial score (nSPS) is 21.7. The van der Waals surface area contributed by atoms with Crippen molar-refractivity contribution in [1.82, 2.24) is 5.32 Å². The summed E-state index contributed by atoms with van der Waals surface area (Å²) in [6, 6.07) is 4.52. The Kier molecular flexibility index (Phi) is 4.46. The maximum absolute atomic E-state index is 12.1. The van der Waals surface area contributed by atoms with Gasteiger partial charge in [-0.1, -0.05) is 0 Å². The summed E-state index contributed by atoms with van der Waals surface area (Å²) in [7, 11) is 3.10. The summed E-state index contributed by atoms with van der Waals surface area (Å²) in [6.07, 6.45) is 0.730. The van der Waals surface area contributed by atoms with Gasteiger partial charge >= 0.3 is 0 Å². The molecule has 6 nitrogen and oxygen atoms in total. The zero-order valence-electron chi connectivity index (χ0n) is 11.6. The average Bonchev–Trinajstić information content (AvgIpc) is 2.95. The minimum atomic E-state index is -0.482. The van der Waals surface area contributed by atoms with Crippen molar-refractivity contribution in [2.24, 2.45) is 0 Å². The van der Waals surface area contributed by atoms with Crippen LogP contribution >= 0.6 is 0 Å². The molecule has 2 N–H and O–H groups in total. The minimum absolute atomic E-state index is 0.0857. The van der Waals surface area contributed by atoms with Crippen LogP contribution in [0.4, 0.5) is 0 Å². The molecule has 0 radical (unpaired) electrons. The first-order valence-electron chi connectivity index (χ1n) is 6.38. The Hall–Kier alpha value is -1.79. The van der Waals surface area contributed by atoms with Gasteiger partial charge in [0.15, 0.2) is 0 Å². The predicted molar refractivity (Wildman–Crippen MR) is 72.2 cm³/mol. The Bertz CT molecular complexity index is 482. The van der Waals surface area contributed by atoms with Crippen LogP contribution in [0, 0.1) is 0 Å². The summed E-state index contributed by atoms with van der Waals surface area (Å²) in [5.41, 5.74) is -0.307. The molecule has 2 rings (SSSR count). The molecule has 0 aliphatic carbocycles. The van der Waals surface area contributed by atoms with E-state index in [0.717, 1.165) is 6.42 Å². The van der Waals surface area contributed by atoms with Crippen molar-refractivity contribution in [2.75, 3.05) is 34.0 Å². The lowest BCUT2D eigenvalue weighted by atomic mass is 10.0. The SMILES string of the molecule is COc1ccc(O)c(C(=O)NCC2(OC)CCOC2)c1. The summed E-state index contributed by atoms with van der Waals surface area (Å²) in [5.74, 6) is 0.0563. The van der Waals surface area contributed by atoms with Gasteiger partial charge in [-0.2, -0.15) is 0 Å². The summed E-state index contributed by atoms with van der Waals surface area (Å²) in [5, 5.41) is 12.5. The number of hydrogen-bond donors (Lipinski definition) is 2. The molecule has 1 atom stereocenters. The largest absolute Gasteiger partial charge is 0.507 e. The fourth-order valence-electron chi connectivity index (χ4n) is 2.12. The molecule has 0 saturated carbocycles. The van der Waals surface area contributed by atoms with E-state index in [-0.39, 0.29) is 17.2 Å². The number of methoxy groups -OCH3 is 2. The first-order chi connectivity index (χ1) is 9.60. The van der Waals surface area contributed by atoms with Gasteiger partial charge in [-0.3, -0.25) is 4.79 Å². The molecule has 6 heteroatoms. The Morgan fingerprint density at radius 3 is 2.90 bits per heavy atom. The van der Waals surface area contributed by atoms with Crippen LogP contribution < -0.4 is 10.1 Å². The number of nitrogens with one attached hydrogen (secondary N) is 1. The monoisotopic (exact) mass is 281 g/mol. The van der Waals surface area contributed by atoms with E-state index in [1.807, 2.05) is 0 Å². The molecule has 20 heavy (non-hydrogen) atoms. The van der Waals surface area contributed by atoms with E-state index in [4.69, 9.17) is 14.2 Å². The number of carbonyl (C=O) groups is 1. The number of rotatable bonds is 5. The van der Waals surface area contributed by atoms with Gasteiger partial charge in [0.25, 0.3) is 5.91 Å². The highest BCUT2D eigenvalue weighted by Crippen LogP contribution is 2.24. The maximum atomic E-state index is 12.1. The van der Waals surface area contributed by atoms with Crippen LogP contribution in [0.15, 0.2) is 18.2 Å². The van der Waals surface area contributed by atoms with Crippen LogP contribution in [-0.2, 0) is 9.47 Å².